The minimum atomic E-state index is -4.72. The van der Waals surface area contributed by atoms with Gasteiger partial charge in [0.25, 0.3) is 43.9 Å². The molecule has 4 aliphatic rings. The van der Waals surface area contributed by atoms with Gasteiger partial charge in [0.2, 0.25) is 0 Å². The van der Waals surface area contributed by atoms with Gasteiger partial charge in [0.15, 0.2) is 0 Å². The molecule has 18 nitrogen and oxygen atoms in total. The van der Waals surface area contributed by atoms with E-state index in [1.165, 1.54) is 21.9 Å². The number of fused-ring (bicyclic) bond motifs is 6. The molecule has 10 aromatic rings. The molecule has 100 heavy (non-hydrogen) atoms. The van der Waals surface area contributed by atoms with Gasteiger partial charge in [-0.15, -0.1) is 0 Å². The molecular formula is C80H71N6O12S2+. The highest BCUT2D eigenvalue weighted by molar-refractivity contribution is 7.86. The van der Waals surface area contributed by atoms with Crippen molar-refractivity contribution in [1.29, 1.82) is 0 Å². The standard InChI is InChI=1S/C80H70N6O12S2/c1-49-19-15-20-50(2)75(49)83(39-17-41-85-77(87)57-23-7-8-24-58(57)78(85)88)55-33-37-63-69(47-55)97-67-45-53(31-35-61(67)73(63)65-27-11-13-29-71(65)99(91,92)93)81(5)43-44-82(6)54-32-36-62-68(46-54)98-70-48-56(34-38-64(70)74(62)66-28-12-14-30-72(66)100(94,95)96)84(76-51(3)21-16-22-52(76)4)40-18-42-86-79(89)59-25-9-10-26-60(59)80(86)90/h7-16,19-38,45-48,69H,17-18,39-44H2,1-6H3,(H-,91,92,93,94,95,96)/p+1. The van der Waals surface area contributed by atoms with Gasteiger partial charge in [0.1, 0.15) is 21.6 Å². The van der Waals surface area contributed by atoms with Crippen LogP contribution in [-0.4, -0.2) is 119 Å². The number of allylic oxidation sites excluding steroid dienone is 1. The number of carbonyl (C=O) groups excluding carboxylic acids is 4. The first-order valence-corrected chi connectivity index (χ1v) is 35.8. The summed E-state index contributed by atoms with van der Waals surface area (Å²) in [6, 6.07) is 55.7. The molecule has 0 spiro atoms. The van der Waals surface area contributed by atoms with E-state index >= 15 is 0 Å². The number of benzene rings is 9. The fourth-order valence-electron chi connectivity index (χ4n) is 14.5. The molecular weight excluding hydrogens is 1300 g/mol. The van der Waals surface area contributed by atoms with Gasteiger partial charge in [-0.2, -0.15) is 16.8 Å². The Morgan fingerprint density at radius 2 is 0.870 bits per heavy atom. The highest BCUT2D eigenvalue weighted by Crippen LogP contribution is 2.47. The SMILES string of the molecule is Cc1cccc(C)c1N(CCCN1C(=O)c2ccccc2C1=O)C1=CC2Oc3cc(N(C)CCN(C)c4ccc5c(-c6ccccc6S(=O)(=O)O)c6ccc(N(CCCN7C(=O)c8ccccc8C7=O)c7c(C)cccc7C)cc6[o+]c5c4)ccc3C(c3ccccc3S(=O)(=O)O)=C2C=C1. The van der Waals surface area contributed by atoms with E-state index in [0.717, 1.165) is 56.4 Å². The van der Waals surface area contributed by atoms with Gasteiger partial charge in [-0.25, -0.2) is 4.42 Å². The molecule has 3 aliphatic heterocycles. The third-order valence-corrected chi connectivity index (χ3v) is 21.2. The smallest absolute Gasteiger partial charge is 0.363 e. The fraction of sp³-hybridized carbons (Fsp3) is 0.188. The van der Waals surface area contributed by atoms with Crippen molar-refractivity contribution in [1.82, 2.24) is 9.80 Å². The molecule has 0 fully saturated rings. The number of hydrogen-bond donors (Lipinski definition) is 2. The number of nitrogens with zero attached hydrogens (tertiary/aromatic N) is 6. The summed E-state index contributed by atoms with van der Waals surface area (Å²) in [5.74, 6) is -0.831. The summed E-state index contributed by atoms with van der Waals surface area (Å²) in [6.07, 6.45) is 6.00. The number of rotatable bonds is 21. The molecule has 9 aromatic carbocycles. The Morgan fingerprint density at radius 3 is 1.38 bits per heavy atom. The quantitative estimate of drug-likeness (QED) is 0.0296. The molecule has 20 heteroatoms. The van der Waals surface area contributed by atoms with Gasteiger partial charge < -0.3 is 24.3 Å². The zero-order valence-electron chi connectivity index (χ0n) is 55.8. The normalized spacial score (nSPS) is 14.9. The Bertz CT molecular complexity index is 5320. The van der Waals surface area contributed by atoms with Crippen molar-refractivity contribution in [2.24, 2.45) is 0 Å². The van der Waals surface area contributed by atoms with E-state index in [4.69, 9.17) is 9.15 Å². The molecule has 14 rings (SSSR count). The predicted octanol–water partition coefficient (Wildman–Crippen LogP) is 14.9. The second-order valence-electron chi connectivity index (χ2n) is 25.7. The minimum Gasteiger partial charge on any atom is -0.481 e. The Morgan fingerprint density at radius 1 is 0.450 bits per heavy atom. The zero-order valence-corrected chi connectivity index (χ0v) is 57.5. The number of amides is 4. The molecule has 1 atom stereocenters. The van der Waals surface area contributed by atoms with E-state index in [9.17, 15) is 45.1 Å². The summed E-state index contributed by atoms with van der Waals surface area (Å²) in [6.45, 7) is 10.3. The number of para-hydroxylation sites is 2. The van der Waals surface area contributed by atoms with E-state index in [-0.39, 0.29) is 52.1 Å². The number of likely N-dealkylation sites (N-methyl/N-ethyl adjacent to an activating group) is 2. The van der Waals surface area contributed by atoms with Crippen LogP contribution in [0.25, 0.3) is 38.6 Å². The predicted molar refractivity (Wildman–Crippen MR) is 389 cm³/mol. The van der Waals surface area contributed by atoms with Crippen LogP contribution in [0.3, 0.4) is 0 Å². The number of hydrogen-bond acceptors (Lipinski definition) is 13. The number of imide groups is 2. The molecule has 0 saturated heterocycles. The zero-order chi connectivity index (χ0) is 70.1. The Hall–Kier alpha value is -11.0. The lowest BCUT2D eigenvalue weighted by molar-refractivity contribution is 0.0638. The number of aryl methyl sites for hydroxylation is 4. The second-order valence-corrected chi connectivity index (χ2v) is 28.5. The second kappa shape index (κ2) is 26.3. The average molecular weight is 1370 g/mol. The van der Waals surface area contributed by atoms with Crippen molar-refractivity contribution in [3.05, 3.63) is 273 Å². The number of ether oxygens (including phenoxy) is 1. The van der Waals surface area contributed by atoms with Crippen molar-refractivity contribution in [3.63, 3.8) is 0 Å². The van der Waals surface area contributed by atoms with Gasteiger partial charge in [0.05, 0.1) is 50.8 Å². The van der Waals surface area contributed by atoms with E-state index in [1.807, 2.05) is 151 Å². The van der Waals surface area contributed by atoms with Crippen molar-refractivity contribution in [2.45, 2.75) is 56.4 Å². The van der Waals surface area contributed by atoms with Crippen LogP contribution in [0.4, 0.5) is 28.4 Å². The average Bonchev–Trinajstić information content (AvgIpc) is 1.27. The van der Waals surface area contributed by atoms with E-state index in [2.05, 4.69) is 19.6 Å². The summed E-state index contributed by atoms with van der Waals surface area (Å²) >= 11 is 0. The maximum absolute atomic E-state index is 13.5. The van der Waals surface area contributed by atoms with Crippen LogP contribution >= 0.6 is 0 Å². The van der Waals surface area contributed by atoms with Crippen LogP contribution in [0.5, 0.6) is 5.75 Å². The molecule has 4 heterocycles. The maximum atomic E-state index is 13.5. The third kappa shape index (κ3) is 12.2. The molecule has 0 saturated carbocycles. The van der Waals surface area contributed by atoms with Crippen LogP contribution in [0.2, 0.25) is 0 Å². The van der Waals surface area contributed by atoms with E-state index < -0.39 is 26.3 Å². The van der Waals surface area contributed by atoms with Crippen molar-refractivity contribution in [3.8, 4) is 16.9 Å². The van der Waals surface area contributed by atoms with Crippen LogP contribution in [-0.2, 0) is 20.2 Å². The highest BCUT2D eigenvalue weighted by Gasteiger charge is 2.38. The van der Waals surface area contributed by atoms with Gasteiger partial charge in [-0.3, -0.25) is 38.1 Å². The van der Waals surface area contributed by atoms with E-state index in [0.29, 0.717) is 117 Å². The first-order valence-electron chi connectivity index (χ1n) is 33.0. The Kier molecular flexibility index (Phi) is 17.4. The molecule has 4 amide bonds. The third-order valence-electron chi connectivity index (χ3n) is 19.4. The summed E-state index contributed by atoms with van der Waals surface area (Å²) in [5, 5.41) is 1.18. The Labute approximate surface area is 580 Å². The highest BCUT2D eigenvalue weighted by atomic mass is 32.2. The van der Waals surface area contributed by atoms with Crippen molar-refractivity contribution < 1.29 is 54.3 Å². The van der Waals surface area contributed by atoms with Crippen molar-refractivity contribution >= 4 is 99.8 Å². The first-order chi connectivity index (χ1) is 48.0. The number of carbonyl (C=O) groups is 4. The molecule has 0 bridgehead atoms. The molecule has 2 N–H and O–H groups in total. The number of anilines is 5. The maximum Gasteiger partial charge on any atom is 0.363 e. The summed E-state index contributed by atoms with van der Waals surface area (Å²) in [4.78, 5) is 64.5. The summed E-state index contributed by atoms with van der Waals surface area (Å²) in [5.41, 5.74) is 14.3. The molecule has 0 radical (unpaired) electrons. The van der Waals surface area contributed by atoms with Crippen LogP contribution < -0.4 is 24.3 Å². The lowest BCUT2D eigenvalue weighted by Gasteiger charge is -2.36. The lowest BCUT2D eigenvalue weighted by atomic mass is 9.85. The Balaban J connectivity index is 0.772. The molecule has 1 aliphatic carbocycles. The summed E-state index contributed by atoms with van der Waals surface area (Å²) < 4.78 is 88.2. The van der Waals surface area contributed by atoms with Crippen molar-refractivity contribution in [2.75, 3.05) is 73.0 Å². The largest absolute Gasteiger partial charge is 0.481 e. The van der Waals surface area contributed by atoms with Crippen LogP contribution in [0.15, 0.2) is 232 Å². The fourth-order valence-corrected chi connectivity index (χ4v) is 15.9. The van der Waals surface area contributed by atoms with Gasteiger partial charge in [0, 0.05) is 121 Å². The van der Waals surface area contributed by atoms with E-state index in [1.54, 1.807) is 84.9 Å². The first kappa shape index (κ1) is 66.2. The summed E-state index contributed by atoms with van der Waals surface area (Å²) in [7, 11) is -5.52. The molecule has 1 aromatic heterocycles. The minimum absolute atomic E-state index is 0.181. The molecule has 504 valence electrons. The van der Waals surface area contributed by atoms with Gasteiger partial charge >= 0.3 is 11.2 Å². The molecule has 1 unspecified atom stereocenters. The topological polar surface area (TPSA) is 217 Å². The van der Waals surface area contributed by atoms with Crippen LogP contribution in [0, 0.1) is 27.7 Å². The van der Waals surface area contributed by atoms with Crippen LogP contribution in [0.1, 0.15) is 87.7 Å². The monoisotopic (exact) mass is 1370 g/mol. The lowest BCUT2D eigenvalue weighted by Crippen LogP contribution is -2.35. The van der Waals surface area contributed by atoms with Gasteiger partial charge in [-0.1, -0.05) is 103 Å². The van der Waals surface area contributed by atoms with Gasteiger partial charge in [-0.05, 0) is 148 Å².